The van der Waals surface area contributed by atoms with Gasteiger partial charge in [-0.15, -0.1) is 0 Å². The van der Waals surface area contributed by atoms with E-state index in [0.717, 1.165) is 5.52 Å². The first-order valence-corrected chi connectivity index (χ1v) is 8.25. The van der Waals surface area contributed by atoms with Crippen molar-refractivity contribution < 1.29 is 9.18 Å². The van der Waals surface area contributed by atoms with Gasteiger partial charge in [0.2, 0.25) is 5.91 Å². The molecule has 0 aliphatic carbocycles. The number of rotatable bonds is 2. The van der Waals surface area contributed by atoms with E-state index in [2.05, 4.69) is 20.7 Å². The second-order valence-electron chi connectivity index (χ2n) is 5.83. The molecule has 0 aliphatic rings. The number of aromatic amines is 2. The van der Waals surface area contributed by atoms with Crippen LogP contribution in [0.15, 0.2) is 47.3 Å². The summed E-state index contributed by atoms with van der Waals surface area (Å²) in [6, 6.07) is 11.8. The van der Waals surface area contributed by atoms with Gasteiger partial charge in [-0.05, 0) is 24.3 Å². The van der Waals surface area contributed by atoms with Gasteiger partial charge < -0.3 is 21.4 Å². The Kier molecular flexibility index (Phi) is 4.89. The molecule has 4 rings (SSSR count). The van der Waals surface area contributed by atoms with E-state index in [1.54, 1.807) is 13.0 Å². The van der Waals surface area contributed by atoms with Crippen LogP contribution in [0.5, 0.6) is 0 Å². The molecule has 0 bridgehead atoms. The Hall–Kier alpha value is -3.68. The van der Waals surface area contributed by atoms with E-state index in [1.165, 1.54) is 12.1 Å². The number of para-hydroxylation sites is 2. The van der Waals surface area contributed by atoms with Crippen molar-refractivity contribution in [2.75, 3.05) is 5.73 Å². The molecular formula is C19H18FN5O2. The molecule has 0 fully saturated rings. The second kappa shape index (κ2) is 7.28. The highest BCUT2D eigenvalue weighted by molar-refractivity contribution is 5.98. The van der Waals surface area contributed by atoms with E-state index in [-0.39, 0.29) is 22.5 Å². The van der Waals surface area contributed by atoms with Crippen molar-refractivity contribution in [1.29, 1.82) is 0 Å². The molecule has 0 spiro atoms. The third-order valence-corrected chi connectivity index (χ3v) is 4.00. The molecule has 2 aromatic heterocycles. The van der Waals surface area contributed by atoms with Crippen molar-refractivity contribution >= 4 is 33.5 Å². The number of nitrogen functional groups attached to an aromatic ring is 1. The van der Waals surface area contributed by atoms with Crippen molar-refractivity contribution in [3.8, 4) is 11.4 Å². The highest BCUT2D eigenvalue weighted by Crippen LogP contribution is 2.29. The highest BCUT2D eigenvalue weighted by atomic mass is 19.1. The third kappa shape index (κ3) is 3.50. The molecule has 1 amide bonds. The van der Waals surface area contributed by atoms with Gasteiger partial charge in [0.25, 0.3) is 5.56 Å². The van der Waals surface area contributed by atoms with E-state index >= 15 is 0 Å². The average Bonchev–Trinajstić information content (AvgIpc) is 3.05. The number of hydrogen-bond acceptors (Lipinski definition) is 4. The number of pyridine rings is 1. The number of nitrogens with two attached hydrogens (primary N) is 2. The van der Waals surface area contributed by atoms with Crippen LogP contribution >= 0.6 is 0 Å². The van der Waals surface area contributed by atoms with E-state index < -0.39 is 11.4 Å². The van der Waals surface area contributed by atoms with Crippen molar-refractivity contribution in [3.05, 3.63) is 58.6 Å². The number of fused-ring (bicyclic) bond motifs is 2. The number of benzene rings is 2. The summed E-state index contributed by atoms with van der Waals surface area (Å²) in [4.78, 5) is 32.0. The van der Waals surface area contributed by atoms with Crippen LogP contribution in [0.4, 0.5) is 10.1 Å². The number of hydrogen-bond donors (Lipinski definition) is 4. The lowest BCUT2D eigenvalue weighted by Crippen LogP contribution is -2.13. The van der Waals surface area contributed by atoms with Crippen LogP contribution in [0.3, 0.4) is 0 Å². The molecule has 8 heteroatoms. The maximum absolute atomic E-state index is 14.0. The summed E-state index contributed by atoms with van der Waals surface area (Å²) in [5.74, 6) is -0.404. The predicted octanol–water partition coefficient (Wildman–Crippen LogP) is 2.67. The fourth-order valence-electron chi connectivity index (χ4n) is 2.64. The number of nitrogens with zero attached hydrogens (tertiary/aromatic N) is 1. The summed E-state index contributed by atoms with van der Waals surface area (Å²) in [6.07, 6.45) is 0.444. The first-order valence-electron chi connectivity index (χ1n) is 8.25. The minimum absolute atomic E-state index is 0.0795. The molecule has 138 valence electrons. The lowest BCUT2D eigenvalue weighted by molar-refractivity contribution is -0.117. The maximum Gasteiger partial charge on any atom is 0.261 e. The minimum Gasteiger partial charge on any atom is -0.397 e. The molecule has 7 nitrogen and oxygen atoms in total. The summed E-state index contributed by atoms with van der Waals surface area (Å²) >= 11 is 0. The third-order valence-electron chi connectivity index (χ3n) is 4.00. The molecule has 0 unspecified atom stereocenters. The molecule has 4 aromatic rings. The van der Waals surface area contributed by atoms with Crippen molar-refractivity contribution in [2.45, 2.75) is 13.3 Å². The lowest BCUT2D eigenvalue weighted by Gasteiger charge is -2.07. The number of amides is 1. The monoisotopic (exact) mass is 367 g/mol. The number of primary amides is 1. The van der Waals surface area contributed by atoms with Crippen molar-refractivity contribution in [3.63, 3.8) is 0 Å². The Morgan fingerprint density at radius 1 is 1.11 bits per heavy atom. The quantitative estimate of drug-likeness (QED) is 0.434. The van der Waals surface area contributed by atoms with Crippen LogP contribution in [0.25, 0.3) is 33.3 Å². The zero-order valence-electron chi connectivity index (χ0n) is 14.5. The van der Waals surface area contributed by atoms with Crippen LogP contribution in [0.1, 0.15) is 13.3 Å². The van der Waals surface area contributed by atoms with E-state index in [9.17, 15) is 14.0 Å². The first-order chi connectivity index (χ1) is 12.9. The van der Waals surface area contributed by atoms with Crippen LogP contribution < -0.4 is 17.0 Å². The molecule has 0 atom stereocenters. The zero-order chi connectivity index (χ0) is 19.6. The molecule has 27 heavy (non-hydrogen) atoms. The number of aromatic nitrogens is 3. The van der Waals surface area contributed by atoms with E-state index in [0.29, 0.717) is 23.3 Å². The number of H-pyrrole nitrogens is 2. The van der Waals surface area contributed by atoms with Crippen LogP contribution in [0, 0.1) is 5.82 Å². The molecule has 2 aromatic carbocycles. The topological polar surface area (TPSA) is 131 Å². The summed E-state index contributed by atoms with van der Waals surface area (Å²) < 4.78 is 14.0. The fraction of sp³-hybridized carbons (Fsp3) is 0.105. The van der Waals surface area contributed by atoms with E-state index in [4.69, 9.17) is 5.73 Å². The summed E-state index contributed by atoms with van der Waals surface area (Å²) in [6.45, 7) is 1.72. The standard InChI is InChI=1S/C16H11FN4O.C3H7NO/c17-8-4-3-7-11-12(8)14(18)13(16(22)21-11)15-19-9-5-1-2-6-10(9)20-15;1-2-3(4)5/h1-7H,(H,19,20)(H3,18,21,22);2H2,1H3,(H2,4,5). The second-order valence-corrected chi connectivity index (χ2v) is 5.83. The maximum atomic E-state index is 14.0. The predicted molar refractivity (Wildman–Crippen MR) is 104 cm³/mol. The van der Waals surface area contributed by atoms with Gasteiger partial charge in [0.15, 0.2) is 0 Å². The van der Waals surface area contributed by atoms with Gasteiger partial charge in [-0.1, -0.05) is 25.1 Å². The van der Waals surface area contributed by atoms with Gasteiger partial charge in [-0.2, -0.15) is 0 Å². The van der Waals surface area contributed by atoms with Gasteiger partial charge in [-0.25, -0.2) is 9.37 Å². The Morgan fingerprint density at radius 2 is 1.78 bits per heavy atom. The van der Waals surface area contributed by atoms with Gasteiger partial charge in [0.05, 0.1) is 27.6 Å². The summed E-state index contributed by atoms with van der Waals surface area (Å²) in [7, 11) is 0. The number of nitrogens with one attached hydrogen (secondary N) is 2. The Morgan fingerprint density at radius 3 is 2.44 bits per heavy atom. The zero-order valence-corrected chi connectivity index (χ0v) is 14.5. The Bertz CT molecular complexity index is 1160. The number of halogens is 1. The van der Waals surface area contributed by atoms with Crippen molar-refractivity contribution in [1.82, 2.24) is 15.0 Å². The number of anilines is 1. The van der Waals surface area contributed by atoms with Crippen LogP contribution in [-0.4, -0.2) is 20.9 Å². The summed E-state index contributed by atoms with van der Waals surface area (Å²) in [5, 5.41) is 0.192. The van der Waals surface area contributed by atoms with Crippen molar-refractivity contribution in [2.24, 2.45) is 5.73 Å². The fourth-order valence-corrected chi connectivity index (χ4v) is 2.64. The molecule has 0 saturated heterocycles. The minimum atomic E-state index is -0.483. The molecule has 2 heterocycles. The van der Waals surface area contributed by atoms with Crippen LogP contribution in [-0.2, 0) is 4.79 Å². The molecule has 0 aliphatic heterocycles. The van der Waals surface area contributed by atoms with E-state index in [1.807, 2.05) is 24.3 Å². The SMILES string of the molecule is CCC(N)=O.Nc1c(-c2nc3ccccc3[nH]2)c(=O)[nH]c2cccc(F)c12. The molecule has 6 N–H and O–H groups in total. The Labute approximate surface area is 153 Å². The average molecular weight is 367 g/mol. The number of imidazole rings is 1. The smallest absolute Gasteiger partial charge is 0.261 e. The van der Waals surface area contributed by atoms with Gasteiger partial charge >= 0.3 is 0 Å². The normalized spacial score (nSPS) is 10.6. The molecule has 0 saturated carbocycles. The Balaban J connectivity index is 0.000000376. The van der Waals surface area contributed by atoms with Gasteiger partial charge in [0.1, 0.15) is 17.2 Å². The largest absolute Gasteiger partial charge is 0.397 e. The number of carbonyl (C=O) groups excluding carboxylic acids is 1. The molecule has 0 radical (unpaired) electrons. The lowest BCUT2D eigenvalue weighted by atomic mass is 10.1. The summed E-state index contributed by atoms with van der Waals surface area (Å²) in [5.41, 5.74) is 12.4. The number of carbonyl (C=O) groups is 1. The highest BCUT2D eigenvalue weighted by Gasteiger charge is 2.17. The molecular weight excluding hydrogens is 349 g/mol. The van der Waals surface area contributed by atoms with Gasteiger partial charge in [0, 0.05) is 6.42 Å². The van der Waals surface area contributed by atoms with Gasteiger partial charge in [-0.3, -0.25) is 9.59 Å². The van der Waals surface area contributed by atoms with Crippen LogP contribution in [0.2, 0.25) is 0 Å². The first kappa shape index (κ1) is 18.1.